The molecule has 5 nitrogen and oxygen atoms in total. The summed E-state index contributed by atoms with van der Waals surface area (Å²) in [6.45, 7) is 8.17. The number of benzene rings is 1. The van der Waals surface area contributed by atoms with Crippen LogP contribution < -0.4 is 10.9 Å². The van der Waals surface area contributed by atoms with Gasteiger partial charge in [-0.05, 0) is 68.7 Å². The predicted molar refractivity (Wildman–Crippen MR) is 139 cm³/mol. The maximum atomic E-state index is 13.7. The second-order valence-corrected chi connectivity index (χ2v) is 9.83. The fourth-order valence-corrected chi connectivity index (χ4v) is 4.28. The van der Waals surface area contributed by atoms with Crippen molar-refractivity contribution in [2.24, 2.45) is 21.8 Å². The smallest absolute Gasteiger partial charge is 0.155 e. The van der Waals surface area contributed by atoms with Crippen LogP contribution in [0.25, 0.3) is 5.57 Å². The lowest BCUT2D eigenvalue weighted by Crippen LogP contribution is -2.39. The van der Waals surface area contributed by atoms with Gasteiger partial charge in [-0.2, -0.15) is 5.26 Å². The van der Waals surface area contributed by atoms with Crippen molar-refractivity contribution < 1.29 is 4.39 Å². The number of hydrazine groups is 1. The molecule has 2 N–H and O–H groups in total. The molecular formula is C28H38FN5. The van der Waals surface area contributed by atoms with E-state index in [2.05, 4.69) is 40.8 Å². The second-order valence-electron chi connectivity index (χ2n) is 9.83. The highest BCUT2D eigenvalue weighted by molar-refractivity contribution is 6.10. The van der Waals surface area contributed by atoms with E-state index in [0.717, 1.165) is 23.1 Å². The quantitative estimate of drug-likeness (QED) is 0.367. The molecular weight excluding hydrogens is 425 g/mol. The number of aliphatic imine (C=N–C) groups is 2. The number of hydrogen-bond acceptors (Lipinski definition) is 5. The first-order valence-electron chi connectivity index (χ1n) is 12.6. The van der Waals surface area contributed by atoms with Crippen LogP contribution in [0, 0.1) is 35.9 Å². The van der Waals surface area contributed by atoms with Gasteiger partial charge in [-0.15, -0.1) is 0 Å². The Morgan fingerprint density at radius 1 is 1.18 bits per heavy atom. The average molecular weight is 464 g/mol. The first kappa shape index (κ1) is 25.8. The summed E-state index contributed by atoms with van der Waals surface area (Å²) in [4.78, 5) is 8.84. The molecule has 3 aliphatic rings. The third-order valence-corrected chi connectivity index (χ3v) is 6.84. The molecule has 2 aliphatic carbocycles. The SMILES string of the molecule is C/C(C1=NC=C(NN[C@@H](C)C2CC2)CC=N1)=C(/C#N)c1cc(F)ccc1C.CC1CCCCC1. The van der Waals surface area contributed by atoms with E-state index in [0.29, 0.717) is 35.0 Å². The molecule has 0 spiro atoms. The number of hydrogen-bond donors (Lipinski definition) is 2. The van der Waals surface area contributed by atoms with Gasteiger partial charge in [-0.25, -0.2) is 19.8 Å². The van der Waals surface area contributed by atoms with E-state index >= 15 is 0 Å². The summed E-state index contributed by atoms with van der Waals surface area (Å²) in [6.07, 6.45) is 14.1. The van der Waals surface area contributed by atoms with Crippen molar-refractivity contribution in [2.75, 3.05) is 0 Å². The fourth-order valence-electron chi connectivity index (χ4n) is 4.28. The van der Waals surface area contributed by atoms with E-state index in [9.17, 15) is 9.65 Å². The summed E-state index contributed by atoms with van der Waals surface area (Å²) in [6, 6.07) is 7.04. The second kappa shape index (κ2) is 12.6. The van der Waals surface area contributed by atoms with Crippen molar-refractivity contribution in [1.82, 2.24) is 10.9 Å². The van der Waals surface area contributed by atoms with Crippen LogP contribution in [0.3, 0.4) is 0 Å². The Labute approximate surface area is 203 Å². The summed E-state index contributed by atoms with van der Waals surface area (Å²) in [5, 5.41) is 9.65. The minimum Gasteiger partial charge on any atom is -0.323 e. The lowest BCUT2D eigenvalue weighted by atomic mass is 9.91. The maximum Gasteiger partial charge on any atom is 0.155 e. The van der Waals surface area contributed by atoms with Crippen LogP contribution >= 0.6 is 0 Å². The van der Waals surface area contributed by atoms with Gasteiger partial charge in [0.2, 0.25) is 0 Å². The Hall–Kier alpha value is -2.78. The van der Waals surface area contributed by atoms with Crippen LogP contribution in [0.4, 0.5) is 4.39 Å². The maximum absolute atomic E-state index is 13.7. The van der Waals surface area contributed by atoms with Gasteiger partial charge in [0.05, 0.1) is 11.8 Å². The molecule has 4 rings (SSSR count). The monoisotopic (exact) mass is 463 g/mol. The zero-order valence-electron chi connectivity index (χ0n) is 21.0. The topological polar surface area (TPSA) is 72.6 Å². The molecule has 0 unspecified atom stereocenters. The molecule has 0 saturated heterocycles. The molecule has 1 aliphatic heterocycles. The third kappa shape index (κ3) is 7.63. The number of aryl methyl sites for hydroxylation is 1. The van der Waals surface area contributed by atoms with Gasteiger partial charge in [-0.1, -0.05) is 45.1 Å². The Morgan fingerprint density at radius 2 is 1.91 bits per heavy atom. The van der Waals surface area contributed by atoms with E-state index < -0.39 is 0 Å². The van der Waals surface area contributed by atoms with Crippen LogP contribution in [0.5, 0.6) is 0 Å². The number of rotatable bonds is 6. The number of nitriles is 1. The van der Waals surface area contributed by atoms with Crippen molar-refractivity contribution >= 4 is 17.6 Å². The van der Waals surface area contributed by atoms with Gasteiger partial charge in [-0.3, -0.25) is 0 Å². The molecule has 0 aromatic heterocycles. The number of allylic oxidation sites excluding steroid dienone is 2. The molecule has 2 saturated carbocycles. The molecule has 1 aromatic rings. The molecule has 34 heavy (non-hydrogen) atoms. The van der Waals surface area contributed by atoms with Crippen molar-refractivity contribution in [3.05, 3.63) is 52.6 Å². The molecule has 1 atom stereocenters. The minimum absolute atomic E-state index is 0.371. The molecule has 2 fully saturated rings. The Bertz CT molecular complexity index is 1000. The first-order chi connectivity index (χ1) is 16.4. The summed E-state index contributed by atoms with van der Waals surface area (Å²) < 4.78 is 13.7. The first-order valence-corrected chi connectivity index (χ1v) is 12.6. The zero-order chi connectivity index (χ0) is 24.5. The van der Waals surface area contributed by atoms with Crippen LogP contribution in [0.2, 0.25) is 0 Å². The van der Waals surface area contributed by atoms with Gasteiger partial charge in [0.15, 0.2) is 5.84 Å². The van der Waals surface area contributed by atoms with Crippen LogP contribution in [0.15, 0.2) is 45.7 Å². The van der Waals surface area contributed by atoms with Gasteiger partial charge in [0.1, 0.15) is 11.9 Å². The molecule has 182 valence electrons. The van der Waals surface area contributed by atoms with E-state index in [1.165, 1.54) is 57.1 Å². The largest absolute Gasteiger partial charge is 0.323 e. The van der Waals surface area contributed by atoms with E-state index in [4.69, 9.17) is 0 Å². The number of halogens is 1. The lowest BCUT2D eigenvalue weighted by Gasteiger charge is -2.15. The number of nitrogens with zero attached hydrogens (tertiary/aromatic N) is 3. The molecule has 0 bridgehead atoms. The van der Waals surface area contributed by atoms with Gasteiger partial charge in [0, 0.05) is 29.9 Å². The molecule has 0 amide bonds. The molecule has 1 heterocycles. The highest BCUT2D eigenvalue weighted by Crippen LogP contribution is 2.32. The van der Waals surface area contributed by atoms with Crippen LogP contribution in [-0.4, -0.2) is 18.1 Å². The molecule has 1 aromatic carbocycles. The fraction of sp³-hybridized carbons (Fsp3) is 0.536. The van der Waals surface area contributed by atoms with E-state index in [1.54, 1.807) is 25.4 Å². The number of nitrogens with one attached hydrogen (secondary N) is 2. The normalized spacial score (nSPS) is 20.0. The summed E-state index contributed by atoms with van der Waals surface area (Å²) in [7, 11) is 0. The Morgan fingerprint density at radius 3 is 2.53 bits per heavy atom. The standard InChI is InChI=1S/C21H24FN5.C7H14/c1-13-4-7-17(22)10-19(13)20(11-23)14(2)21-24-9-8-18(12-25-21)27-26-15(3)16-5-6-16;1-7-5-3-2-4-6-7/h4,7,9-10,12,15-16,26-27H,5-6,8H2,1-3H3;7H,2-6H2,1H3/b20-14+;/t15-;/m0./s1. The van der Waals surface area contributed by atoms with Crippen molar-refractivity contribution in [3.63, 3.8) is 0 Å². The Kier molecular flexibility index (Phi) is 9.59. The van der Waals surface area contributed by atoms with Crippen LogP contribution in [0.1, 0.15) is 83.3 Å². The van der Waals surface area contributed by atoms with E-state index in [-0.39, 0.29) is 5.82 Å². The molecule has 6 heteroatoms. The predicted octanol–water partition coefficient (Wildman–Crippen LogP) is 6.62. The van der Waals surface area contributed by atoms with Gasteiger partial charge >= 0.3 is 0 Å². The summed E-state index contributed by atoms with van der Waals surface area (Å²) in [5.74, 6) is 1.87. The zero-order valence-corrected chi connectivity index (χ0v) is 21.0. The van der Waals surface area contributed by atoms with Crippen molar-refractivity contribution in [1.29, 1.82) is 5.26 Å². The highest BCUT2D eigenvalue weighted by Gasteiger charge is 2.27. The van der Waals surface area contributed by atoms with Gasteiger partial charge in [0.25, 0.3) is 0 Å². The van der Waals surface area contributed by atoms with Crippen molar-refractivity contribution in [3.8, 4) is 6.07 Å². The van der Waals surface area contributed by atoms with Gasteiger partial charge < -0.3 is 5.43 Å². The Balaban J connectivity index is 0.000000396. The highest BCUT2D eigenvalue weighted by atomic mass is 19.1. The van der Waals surface area contributed by atoms with E-state index in [1.807, 2.05) is 6.92 Å². The minimum atomic E-state index is -0.371. The number of amidine groups is 1. The van der Waals surface area contributed by atoms with Crippen molar-refractivity contribution in [2.45, 2.75) is 85.1 Å². The average Bonchev–Trinajstić information content (AvgIpc) is 3.69. The molecule has 0 radical (unpaired) electrons. The summed E-state index contributed by atoms with van der Waals surface area (Å²) in [5.41, 5.74) is 9.84. The lowest BCUT2D eigenvalue weighted by molar-refractivity contribution is 0.385. The summed E-state index contributed by atoms with van der Waals surface area (Å²) >= 11 is 0. The van der Waals surface area contributed by atoms with Crippen LogP contribution in [-0.2, 0) is 0 Å². The third-order valence-electron chi connectivity index (χ3n) is 6.84.